The van der Waals surface area contributed by atoms with E-state index < -0.39 is 25.8 Å². The average Bonchev–Trinajstić information content (AvgIpc) is 3.18. The van der Waals surface area contributed by atoms with E-state index in [2.05, 4.69) is 51.8 Å². The Balaban J connectivity index is 2.02. The van der Waals surface area contributed by atoms with Crippen LogP contribution in [0.1, 0.15) is 104 Å². The molecule has 236 valence electrons. The van der Waals surface area contributed by atoms with E-state index in [0.717, 1.165) is 41.7 Å². The summed E-state index contributed by atoms with van der Waals surface area (Å²) in [5.41, 5.74) is 2.10. The molecule has 2 N–H and O–H groups in total. The molecule has 0 aliphatic heterocycles. The summed E-state index contributed by atoms with van der Waals surface area (Å²) < 4.78 is 8.96. The SMILES string of the molecule is Cc1nc2cc([C@@H](O)CC=CCCC[C@H](C)[C@H](O[Si](C)(C)C(C)(C)C)[C@@H](C)C(=O)C(C)(C)CCC(=O)O)ccc2n1C. The van der Waals surface area contributed by atoms with E-state index in [-0.39, 0.29) is 35.2 Å². The van der Waals surface area contributed by atoms with Gasteiger partial charge in [-0.05, 0) is 80.8 Å². The van der Waals surface area contributed by atoms with E-state index >= 15 is 0 Å². The van der Waals surface area contributed by atoms with Gasteiger partial charge in [0.15, 0.2) is 8.32 Å². The summed E-state index contributed by atoms with van der Waals surface area (Å²) in [6.45, 7) is 20.9. The molecule has 0 aliphatic rings. The maximum Gasteiger partial charge on any atom is 0.303 e. The van der Waals surface area contributed by atoms with E-state index in [1.165, 1.54) is 0 Å². The number of unbranched alkanes of at least 4 members (excludes halogenated alkanes) is 1. The predicted molar refractivity (Wildman–Crippen MR) is 174 cm³/mol. The average molecular weight is 601 g/mol. The third-order valence-electron chi connectivity index (χ3n) is 9.40. The maximum atomic E-state index is 13.6. The number of hydrogen-bond acceptors (Lipinski definition) is 5. The fourth-order valence-electron chi connectivity index (χ4n) is 5.28. The Morgan fingerprint density at radius 2 is 1.76 bits per heavy atom. The standard InChI is InChI=1S/C34H56N2O5Si/c1-23(16-14-12-13-15-17-29(37)26-18-19-28-27(22-26)35-25(3)36(28)9)31(41-42(10,11)33(4,5)6)24(2)32(40)34(7,8)21-20-30(38)39/h13,15,18-19,22-24,29,31,37H,12,14,16-17,20-21H2,1-11H3,(H,38,39)/t23-,24+,29-,31-/m0/s1. The summed E-state index contributed by atoms with van der Waals surface area (Å²) >= 11 is 0. The van der Waals surface area contributed by atoms with Crippen LogP contribution >= 0.6 is 0 Å². The second-order valence-electron chi connectivity index (χ2n) is 14.4. The molecule has 0 fully saturated rings. The molecule has 0 bridgehead atoms. The van der Waals surface area contributed by atoms with Gasteiger partial charge in [0.05, 0.1) is 23.2 Å². The minimum absolute atomic E-state index is 0.00999. The molecule has 8 heteroatoms. The van der Waals surface area contributed by atoms with Crippen LogP contribution in [0.15, 0.2) is 30.4 Å². The summed E-state index contributed by atoms with van der Waals surface area (Å²) in [6, 6.07) is 5.95. The fraction of sp³-hybridized carbons (Fsp3) is 0.676. The lowest BCUT2D eigenvalue weighted by Crippen LogP contribution is -2.50. The number of fused-ring (bicyclic) bond motifs is 1. The van der Waals surface area contributed by atoms with Crippen molar-refractivity contribution < 1.29 is 24.2 Å². The number of rotatable bonds is 16. The number of allylic oxidation sites excluding steroid dienone is 1. The van der Waals surface area contributed by atoms with Crippen LogP contribution in [0.25, 0.3) is 11.0 Å². The molecule has 42 heavy (non-hydrogen) atoms. The van der Waals surface area contributed by atoms with Gasteiger partial charge in [0.1, 0.15) is 11.6 Å². The van der Waals surface area contributed by atoms with Crippen LogP contribution in [0.5, 0.6) is 0 Å². The van der Waals surface area contributed by atoms with Crippen LogP contribution in [0.2, 0.25) is 18.1 Å². The van der Waals surface area contributed by atoms with E-state index in [0.29, 0.717) is 12.8 Å². The molecular formula is C34H56N2O5Si. The molecule has 1 aromatic heterocycles. The summed E-state index contributed by atoms with van der Waals surface area (Å²) in [4.78, 5) is 29.4. The first-order valence-corrected chi connectivity index (χ1v) is 18.4. The number of benzene rings is 1. The first kappa shape index (κ1) is 35.9. The first-order chi connectivity index (χ1) is 19.3. The van der Waals surface area contributed by atoms with Crippen molar-refractivity contribution in [1.29, 1.82) is 0 Å². The highest BCUT2D eigenvalue weighted by Gasteiger charge is 2.44. The third kappa shape index (κ3) is 9.35. The number of carboxylic acids is 1. The molecule has 7 nitrogen and oxygen atoms in total. The van der Waals surface area contributed by atoms with E-state index in [9.17, 15) is 19.8 Å². The van der Waals surface area contributed by atoms with Crippen molar-refractivity contribution in [2.75, 3.05) is 0 Å². The Labute approximate surface area is 254 Å². The van der Waals surface area contributed by atoms with Gasteiger partial charge in [0.25, 0.3) is 0 Å². The van der Waals surface area contributed by atoms with Crippen molar-refractivity contribution >= 4 is 31.1 Å². The highest BCUT2D eigenvalue weighted by atomic mass is 28.4. The monoisotopic (exact) mass is 600 g/mol. The Hall–Kier alpha value is -2.29. The van der Waals surface area contributed by atoms with Gasteiger partial charge < -0.3 is 19.2 Å². The Bertz CT molecular complexity index is 1240. The van der Waals surface area contributed by atoms with Gasteiger partial charge in [0.2, 0.25) is 0 Å². The number of nitrogens with zero attached hydrogens (tertiary/aromatic N) is 2. The molecule has 2 aromatic rings. The Morgan fingerprint density at radius 3 is 2.36 bits per heavy atom. The lowest BCUT2D eigenvalue weighted by molar-refractivity contribution is -0.139. The van der Waals surface area contributed by atoms with Crippen molar-refractivity contribution in [2.45, 2.75) is 124 Å². The molecule has 0 amide bonds. The Morgan fingerprint density at radius 1 is 1.12 bits per heavy atom. The number of aryl methyl sites for hydroxylation is 2. The minimum atomic E-state index is -2.15. The summed E-state index contributed by atoms with van der Waals surface area (Å²) in [5.74, 6) is -0.0174. The molecule has 0 saturated carbocycles. The van der Waals surface area contributed by atoms with E-state index in [1.807, 2.05) is 63.6 Å². The molecule has 0 spiro atoms. The van der Waals surface area contributed by atoms with Gasteiger partial charge in [-0.3, -0.25) is 9.59 Å². The number of carboxylic acid groups (broad SMARTS) is 1. The molecular weight excluding hydrogens is 544 g/mol. The quantitative estimate of drug-likeness (QED) is 0.115. The molecule has 0 aliphatic carbocycles. The zero-order valence-electron chi connectivity index (χ0n) is 28.0. The largest absolute Gasteiger partial charge is 0.481 e. The van der Waals surface area contributed by atoms with Crippen LogP contribution in [0.3, 0.4) is 0 Å². The highest BCUT2D eigenvalue weighted by Crippen LogP contribution is 2.41. The molecule has 2 rings (SSSR count). The summed E-state index contributed by atoms with van der Waals surface area (Å²) in [7, 11) is -0.159. The summed E-state index contributed by atoms with van der Waals surface area (Å²) in [5, 5.41) is 19.9. The number of imidazole rings is 1. The number of aliphatic carboxylic acids is 1. The van der Waals surface area contributed by atoms with Crippen LogP contribution in [0.4, 0.5) is 0 Å². The van der Waals surface area contributed by atoms with Crippen LogP contribution in [-0.2, 0) is 21.1 Å². The van der Waals surface area contributed by atoms with Crippen molar-refractivity contribution in [3.05, 3.63) is 41.7 Å². The first-order valence-electron chi connectivity index (χ1n) is 15.5. The van der Waals surface area contributed by atoms with Crippen LogP contribution in [0, 0.1) is 24.2 Å². The summed E-state index contributed by atoms with van der Waals surface area (Å²) in [6.07, 6.45) is 6.96. The van der Waals surface area contributed by atoms with Gasteiger partial charge in [-0.1, -0.05) is 66.7 Å². The lowest BCUT2D eigenvalue weighted by atomic mass is 9.74. The number of aliphatic hydroxyl groups excluding tert-OH is 1. The lowest BCUT2D eigenvalue weighted by Gasteiger charge is -2.43. The molecule has 4 atom stereocenters. The molecule has 0 saturated heterocycles. The van der Waals surface area contributed by atoms with Crippen LogP contribution < -0.4 is 0 Å². The number of carbonyl (C=O) groups is 2. The molecule has 1 heterocycles. The number of carbonyl (C=O) groups excluding carboxylic acids is 1. The second kappa shape index (κ2) is 14.5. The normalized spacial score (nSPS) is 16.1. The fourth-order valence-corrected chi connectivity index (χ4v) is 6.75. The van der Waals surface area contributed by atoms with Crippen molar-refractivity contribution in [2.24, 2.45) is 24.3 Å². The van der Waals surface area contributed by atoms with Gasteiger partial charge in [0, 0.05) is 24.8 Å². The van der Waals surface area contributed by atoms with E-state index in [1.54, 1.807) is 0 Å². The van der Waals surface area contributed by atoms with Gasteiger partial charge in [-0.2, -0.15) is 0 Å². The molecule has 0 unspecified atom stereocenters. The van der Waals surface area contributed by atoms with Gasteiger partial charge in [-0.15, -0.1) is 0 Å². The van der Waals surface area contributed by atoms with E-state index in [4.69, 9.17) is 4.43 Å². The number of hydrogen-bond donors (Lipinski definition) is 2. The zero-order chi connectivity index (χ0) is 32.0. The van der Waals surface area contributed by atoms with Gasteiger partial charge in [-0.25, -0.2) is 4.98 Å². The topological polar surface area (TPSA) is 102 Å². The van der Waals surface area contributed by atoms with Crippen molar-refractivity contribution in [3.8, 4) is 0 Å². The van der Waals surface area contributed by atoms with Crippen LogP contribution in [-0.4, -0.2) is 45.9 Å². The maximum absolute atomic E-state index is 13.6. The number of ketones is 1. The number of aliphatic hydroxyl groups is 1. The van der Waals surface area contributed by atoms with Crippen molar-refractivity contribution in [3.63, 3.8) is 0 Å². The van der Waals surface area contributed by atoms with Crippen molar-refractivity contribution in [1.82, 2.24) is 9.55 Å². The zero-order valence-corrected chi connectivity index (χ0v) is 29.0. The second-order valence-corrected chi connectivity index (χ2v) is 19.1. The third-order valence-corrected chi connectivity index (χ3v) is 13.9. The Kier molecular flexibility index (Phi) is 12.4. The molecule has 0 radical (unpaired) electrons. The minimum Gasteiger partial charge on any atom is -0.481 e. The number of Topliss-reactive ketones (excluding diaryl/α,β-unsaturated/α-hetero) is 1. The predicted octanol–water partition coefficient (Wildman–Crippen LogP) is 8.15. The smallest absolute Gasteiger partial charge is 0.303 e. The highest BCUT2D eigenvalue weighted by molar-refractivity contribution is 6.74. The number of aromatic nitrogens is 2. The molecule has 1 aromatic carbocycles. The van der Waals surface area contributed by atoms with Gasteiger partial charge >= 0.3 is 5.97 Å².